The van der Waals surface area contributed by atoms with Crippen LogP contribution >= 0.6 is 0 Å². The second kappa shape index (κ2) is 12.5. The predicted molar refractivity (Wildman–Crippen MR) is 174 cm³/mol. The normalized spacial score (nSPS) is 27.8. The Labute approximate surface area is 277 Å². The third-order valence-electron chi connectivity index (χ3n) is 10.2. The molecule has 1 aromatic carbocycles. The van der Waals surface area contributed by atoms with Crippen molar-refractivity contribution in [2.75, 3.05) is 19.6 Å². The molecule has 0 radical (unpaired) electrons. The number of benzene rings is 1. The maximum atomic E-state index is 14.3. The maximum Gasteiger partial charge on any atom is 0.410 e. The summed E-state index contributed by atoms with van der Waals surface area (Å²) in [6.07, 6.45) is 4.40. The van der Waals surface area contributed by atoms with Crippen molar-refractivity contribution in [3.63, 3.8) is 0 Å². The van der Waals surface area contributed by atoms with Gasteiger partial charge in [-0.3, -0.25) is 19.1 Å². The van der Waals surface area contributed by atoms with E-state index in [0.717, 1.165) is 18.4 Å². The van der Waals surface area contributed by atoms with E-state index in [2.05, 4.69) is 28.0 Å². The zero-order valence-electron chi connectivity index (χ0n) is 27.5. The van der Waals surface area contributed by atoms with Crippen molar-refractivity contribution in [3.8, 4) is 0 Å². The molecule has 0 bridgehead atoms. The number of hydrogen-bond donors (Lipinski definition) is 3. The Balaban J connectivity index is 1.20. The average Bonchev–Trinajstić information content (AvgIpc) is 3.90. The Hall–Kier alpha value is -3.45. The first-order valence-corrected chi connectivity index (χ1v) is 18.3. The van der Waals surface area contributed by atoms with Gasteiger partial charge in [0.2, 0.25) is 21.8 Å². The van der Waals surface area contributed by atoms with Crippen LogP contribution in [0.1, 0.15) is 70.4 Å². The van der Waals surface area contributed by atoms with Crippen molar-refractivity contribution in [2.45, 2.75) is 101 Å². The van der Waals surface area contributed by atoms with Gasteiger partial charge in [0.15, 0.2) is 0 Å². The van der Waals surface area contributed by atoms with Crippen LogP contribution in [0.4, 0.5) is 4.79 Å². The van der Waals surface area contributed by atoms with Gasteiger partial charge in [-0.05, 0) is 67.5 Å². The lowest BCUT2D eigenvalue weighted by Gasteiger charge is -2.36. The van der Waals surface area contributed by atoms with Crippen LogP contribution in [0.5, 0.6) is 0 Å². The van der Waals surface area contributed by atoms with Crippen molar-refractivity contribution in [1.29, 1.82) is 0 Å². The Kier molecular flexibility index (Phi) is 8.92. The lowest BCUT2D eigenvalue weighted by molar-refractivity contribution is -0.143. The molecule has 47 heavy (non-hydrogen) atoms. The molecular weight excluding hydrogens is 622 g/mol. The Morgan fingerprint density at radius 3 is 2.43 bits per heavy atom. The molecule has 3 aliphatic carbocycles. The van der Waals surface area contributed by atoms with Crippen LogP contribution in [0.3, 0.4) is 0 Å². The number of rotatable bonds is 11. The van der Waals surface area contributed by atoms with Gasteiger partial charge in [0.25, 0.3) is 5.91 Å². The molecule has 3 saturated carbocycles. The van der Waals surface area contributed by atoms with E-state index in [4.69, 9.17) is 4.74 Å². The third-order valence-corrected chi connectivity index (χ3v) is 12.0. The minimum absolute atomic E-state index is 0.0188. The van der Waals surface area contributed by atoms with Crippen molar-refractivity contribution in [2.24, 2.45) is 17.3 Å². The van der Waals surface area contributed by atoms with Gasteiger partial charge in [-0.15, -0.1) is 6.58 Å². The fraction of sp³-hybridized carbons (Fsp3) is 0.647. The molecule has 5 atom stereocenters. The number of sulfonamides is 1. The van der Waals surface area contributed by atoms with Crippen molar-refractivity contribution < 1.29 is 32.3 Å². The van der Waals surface area contributed by atoms with Crippen LogP contribution in [0.2, 0.25) is 0 Å². The average molecular weight is 670 g/mol. The lowest BCUT2D eigenvalue weighted by atomic mass is 9.85. The SMILES string of the molecule is C=CC1CC1(NC(=O)[C@@H]1C[C@@H](OC(=O)N2CCc3ccccc3C2)CN1C(=O)[C@@H](NCC1CC1)C(C)(C)C)C(=O)NS(=O)(=O)C1CC1. The van der Waals surface area contributed by atoms with E-state index in [1.165, 1.54) is 16.5 Å². The molecule has 2 aliphatic heterocycles. The molecule has 0 spiro atoms. The summed E-state index contributed by atoms with van der Waals surface area (Å²) in [7, 11) is -3.85. The molecule has 12 nitrogen and oxygen atoms in total. The van der Waals surface area contributed by atoms with Crippen LogP contribution in [0, 0.1) is 17.3 Å². The van der Waals surface area contributed by atoms with Gasteiger partial charge in [0.05, 0.1) is 17.8 Å². The van der Waals surface area contributed by atoms with Crippen LogP contribution in [-0.2, 0) is 42.1 Å². The first-order chi connectivity index (χ1) is 22.2. The number of ether oxygens (including phenoxy) is 1. The fourth-order valence-corrected chi connectivity index (χ4v) is 8.16. The first kappa shape index (κ1) is 33.5. The van der Waals surface area contributed by atoms with E-state index in [1.807, 2.05) is 39.0 Å². The second-order valence-corrected chi connectivity index (χ2v) is 17.0. The third kappa shape index (κ3) is 7.20. The lowest BCUT2D eigenvalue weighted by Crippen LogP contribution is -2.59. The standard InChI is InChI=1S/C34H47N5O7S/c1-5-24-17-34(24,31(42)37-47(44,45)26-12-13-26)36-29(40)27-16-25(46-32(43)38-15-14-22-8-6-7-9-23(22)19-38)20-39(27)30(41)28(33(2,3)4)35-18-21-10-11-21/h5-9,21,24-28,35H,1,10-20H2,2-4H3,(H,36,40)(H,37,42)/t24?,25-,27+,28-,34?/m1/s1. The molecule has 256 valence electrons. The highest BCUT2D eigenvalue weighted by Gasteiger charge is 2.62. The number of carbonyl (C=O) groups is 4. The van der Waals surface area contributed by atoms with Crippen LogP contribution in [0.25, 0.3) is 0 Å². The molecule has 13 heteroatoms. The summed E-state index contributed by atoms with van der Waals surface area (Å²) in [5.74, 6) is -1.63. The smallest absolute Gasteiger partial charge is 0.410 e. The number of amides is 4. The van der Waals surface area contributed by atoms with Gasteiger partial charge >= 0.3 is 6.09 Å². The van der Waals surface area contributed by atoms with Gasteiger partial charge in [0.1, 0.15) is 17.7 Å². The largest absolute Gasteiger partial charge is 0.444 e. The quantitative estimate of drug-likeness (QED) is 0.303. The summed E-state index contributed by atoms with van der Waals surface area (Å²) in [4.78, 5) is 58.2. The minimum Gasteiger partial charge on any atom is -0.444 e. The second-order valence-electron chi connectivity index (χ2n) is 15.0. The number of carbonyl (C=O) groups excluding carboxylic acids is 4. The number of hydrogen-bond acceptors (Lipinski definition) is 8. The van der Waals surface area contributed by atoms with Gasteiger partial charge in [-0.25, -0.2) is 13.2 Å². The number of likely N-dealkylation sites (tertiary alicyclic amines) is 1. The molecule has 2 unspecified atom stereocenters. The van der Waals surface area contributed by atoms with Crippen molar-refractivity contribution >= 4 is 33.8 Å². The van der Waals surface area contributed by atoms with E-state index in [9.17, 15) is 27.6 Å². The topological polar surface area (TPSA) is 154 Å². The van der Waals surface area contributed by atoms with Crippen molar-refractivity contribution in [1.82, 2.24) is 25.2 Å². The van der Waals surface area contributed by atoms with Crippen LogP contribution < -0.4 is 15.4 Å². The van der Waals surface area contributed by atoms with Crippen LogP contribution in [-0.4, -0.2) is 90.6 Å². The van der Waals surface area contributed by atoms with Crippen molar-refractivity contribution in [3.05, 3.63) is 48.0 Å². The molecule has 4 amide bonds. The number of nitrogens with one attached hydrogen (secondary N) is 3. The van der Waals surface area contributed by atoms with Gasteiger partial charge in [-0.1, -0.05) is 51.1 Å². The number of fused-ring (bicyclic) bond motifs is 1. The molecule has 5 aliphatic rings. The van der Waals surface area contributed by atoms with E-state index in [0.29, 0.717) is 44.8 Å². The molecule has 0 aromatic heterocycles. The van der Waals surface area contributed by atoms with Gasteiger partial charge in [0, 0.05) is 25.4 Å². The summed E-state index contributed by atoms with van der Waals surface area (Å²) in [6, 6.07) is 6.31. The minimum atomic E-state index is -3.85. The van der Waals surface area contributed by atoms with Crippen LogP contribution in [0.15, 0.2) is 36.9 Å². The summed E-state index contributed by atoms with van der Waals surface area (Å²) in [5.41, 5.74) is 0.281. The van der Waals surface area contributed by atoms with E-state index < -0.39 is 68.2 Å². The summed E-state index contributed by atoms with van der Waals surface area (Å²) >= 11 is 0. The molecule has 3 N–H and O–H groups in total. The highest BCUT2D eigenvalue weighted by Crippen LogP contribution is 2.45. The molecule has 4 fully saturated rings. The molecule has 6 rings (SSSR count). The van der Waals surface area contributed by atoms with E-state index >= 15 is 0 Å². The Morgan fingerprint density at radius 1 is 1.11 bits per heavy atom. The molecular formula is C34H47N5O7S. The summed E-state index contributed by atoms with van der Waals surface area (Å²) < 4.78 is 33.3. The predicted octanol–water partition coefficient (Wildman–Crippen LogP) is 2.23. The summed E-state index contributed by atoms with van der Waals surface area (Å²) in [5, 5.41) is 5.63. The van der Waals surface area contributed by atoms with E-state index in [1.54, 1.807) is 4.90 Å². The maximum absolute atomic E-state index is 14.3. The van der Waals surface area contributed by atoms with E-state index in [-0.39, 0.29) is 25.3 Å². The highest BCUT2D eigenvalue weighted by atomic mass is 32.2. The zero-order valence-corrected chi connectivity index (χ0v) is 28.3. The molecule has 2 heterocycles. The molecule has 1 saturated heterocycles. The number of nitrogens with zero attached hydrogens (tertiary/aromatic N) is 2. The monoisotopic (exact) mass is 669 g/mol. The summed E-state index contributed by atoms with van der Waals surface area (Å²) in [6.45, 7) is 11.3. The zero-order chi connectivity index (χ0) is 33.7. The first-order valence-electron chi connectivity index (χ1n) is 16.8. The van der Waals surface area contributed by atoms with Gasteiger partial charge in [-0.2, -0.15) is 0 Å². The fourth-order valence-electron chi connectivity index (χ4n) is 6.80. The van der Waals surface area contributed by atoms with Gasteiger partial charge < -0.3 is 25.2 Å². The Bertz CT molecular complexity index is 1550. The Morgan fingerprint density at radius 2 is 1.81 bits per heavy atom. The highest BCUT2D eigenvalue weighted by molar-refractivity contribution is 7.91. The molecule has 1 aromatic rings.